The third-order valence-corrected chi connectivity index (χ3v) is 7.18. The molecule has 1 aromatic heterocycles. The second-order valence-corrected chi connectivity index (χ2v) is 9.62. The highest BCUT2D eigenvalue weighted by Gasteiger charge is 2.29. The molecule has 0 atom stereocenters. The molecule has 0 fully saturated rings. The zero-order valence-corrected chi connectivity index (χ0v) is 18.5. The van der Waals surface area contributed by atoms with Crippen LogP contribution in [0.1, 0.15) is 27.3 Å². The molecule has 0 saturated heterocycles. The summed E-state index contributed by atoms with van der Waals surface area (Å²) < 4.78 is 28.5. The number of nitrogens with one attached hydrogen (secondary N) is 1. The van der Waals surface area contributed by atoms with Gasteiger partial charge in [-0.25, -0.2) is 13.1 Å². The molecule has 0 spiro atoms. The van der Waals surface area contributed by atoms with Crippen LogP contribution < -0.4 is 9.62 Å². The van der Waals surface area contributed by atoms with Gasteiger partial charge in [-0.3, -0.25) is 4.79 Å². The van der Waals surface area contributed by atoms with Crippen molar-refractivity contribution in [1.82, 2.24) is 9.29 Å². The number of carbonyl (C=O) groups excluding carboxylic acids is 1. The fourth-order valence-electron chi connectivity index (χ4n) is 3.99. The lowest BCUT2D eigenvalue weighted by molar-refractivity contribution is 0.0989. The van der Waals surface area contributed by atoms with E-state index in [4.69, 9.17) is 11.6 Å². The van der Waals surface area contributed by atoms with Crippen molar-refractivity contribution in [2.24, 2.45) is 0 Å². The first kappa shape index (κ1) is 20.7. The van der Waals surface area contributed by atoms with Crippen molar-refractivity contribution in [3.8, 4) is 5.69 Å². The highest BCUT2D eigenvalue weighted by atomic mass is 35.5. The lowest BCUT2D eigenvalue weighted by atomic mass is 10.1. The lowest BCUT2D eigenvalue weighted by Gasteiger charge is -2.18. The number of fused-ring (bicyclic) bond motifs is 1. The quantitative estimate of drug-likeness (QED) is 0.665. The van der Waals surface area contributed by atoms with E-state index in [1.807, 2.05) is 48.7 Å². The summed E-state index contributed by atoms with van der Waals surface area (Å²) in [7, 11) is -2.13. The van der Waals surface area contributed by atoms with E-state index in [-0.39, 0.29) is 10.8 Å². The zero-order valence-electron chi connectivity index (χ0n) is 16.9. The van der Waals surface area contributed by atoms with Gasteiger partial charge < -0.3 is 9.47 Å². The molecule has 1 amide bonds. The normalized spacial score (nSPS) is 13.5. The van der Waals surface area contributed by atoms with Crippen LogP contribution in [-0.4, -0.2) is 32.5 Å². The molecule has 30 heavy (non-hydrogen) atoms. The van der Waals surface area contributed by atoms with Crippen LogP contribution in [0.5, 0.6) is 0 Å². The van der Waals surface area contributed by atoms with Crippen LogP contribution in [0.25, 0.3) is 5.69 Å². The highest BCUT2D eigenvalue weighted by Crippen LogP contribution is 2.33. The number of hydrogen-bond donors (Lipinski definition) is 1. The van der Waals surface area contributed by atoms with Crippen molar-refractivity contribution in [2.75, 3.05) is 18.5 Å². The fourth-order valence-corrected chi connectivity index (χ4v) is 4.89. The minimum absolute atomic E-state index is 0.0914. The Bertz CT molecular complexity index is 1250. The highest BCUT2D eigenvalue weighted by molar-refractivity contribution is 7.89. The predicted molar refractivity (Wildman–Crippen MR) is 118 cm³/mol. The van der Waals surface area contributed by atoms with Crippen LogP contribution in [0.3, 0.4) is 0 Å². The maximum Gasteiger partial charge on any atom is 0.260 e. The third-order valence-electron chi connectivity index (χ3n) is 5.52. The Balaban J connectivity index is 1.69. The summed E-state index contributed by atoms with van der Waals surface area (Å²) in [5.41, 5.74) is 4.98. The Morgan fingerprint density at radius 3 is 2.43 bits per heavy atom. The molecule has 6 nitrogen and oxygen atoms in total. The number of aryl methyl sites for hydroxylation is 1. The van der Waals surface area contributed by atoms with Crippen molar-refractivity contribution in [3.05, 3.63) is 76.1 Å². The standard InChI is InChI=1S/C22H22ClN3O3S/c1-14-12-20(15(2)26(14)18-6-4-17(23)5-7-18)22(27)25-11-10-16-13-19(8-9-21(16)25)30(28,29)24-3/h4-9,12-13,24H,10-11H2,1-3H3. The van der Waals surface area contributed by atoms with Gasteiger partial charge in [-0.15, -0.1) is 0 Å². The maximum atomic E-state index is 13.4. The monoisotopic (exact) mass is 443 g/mol. The Morgan fingerprint density at radius 1 is 1.07 bits per heavy atom. The van der Waals surface area contributed by atoms with E-state index in [1.54, 1.807) is 17.0 Å². The van der Waals surface area contributed by atoms with Crippen LogP contribution in [0.4, 0.5) is 5.69 Å². The molecular formula is C22H22ClN3O3S. The van der Waals surface area contributed by atoms with Crippen molar-refractivity contribution in [3.63, 3.8) is 0 Å². The molecule has 1 N–H and O–H groups in total. The number of amides is 1. The predicted octanol–water partition coefficient (Wildman–Crippen LogP) is 3.86. The Labute approximate surface area is 181 Å². The van der Waals surface area contributed by atoms with E-state index >= 15 is 0 Å². The summed E-state index contributed by atoms with van der Waals surface area (Å²) in [6, 6.07) is 14.3. The Hall–Kier alpha value is -2.61. The van der Waals surface area contributed by atoms with Crippen LogP contribution in [-0.2, 0) is 16.4 Å². The van der Waals surface area contributed by atoms with Crippen molar-refractivity contribution < 1.29 is 13.2 Å². The van der Waals surface area contributed by atoms with Crippen molar-refractivity contribution in [1.29, 1.82) is 0 Å². The topological polar surface area (TPSA) is 71.4 Å². The largest absolute Gasteiger partial charge is 0.318 e. The Kier molecular flexibility index (Phi) is 5.22. The summed E-state index contributed by atoms with van der Waals surface area (Å²) in [6.07, 6.45) is 0.615. The van der Waals surface area contributed by atoms with E-state index in [1.165, 1.54) is 13.1 Å². The number of anilines is 1. The molecule has 3 aromatic rings. The number of halogens is 1. The van der Waals surface area contributed by atoms with E-state index in [9.17, 15) is 13.2 Å². The minimum atomic E-state index is -3.52. The molecule has 0 unspecified atom stereocenters. The molecule has 156 valence electrons. The van der Waals surface area contributed by atoms with Gasteiger partial charge in [0.05, 0.1) is 10.5 Å². The zero-order chi connectivity index (χ0) is 21.6. The first-order valence-corrected chi connectivity index (χ1v) is 11.4. The second kappa shape index (κ2) is 7.58. The molecule has 2 heterocycles. The van der Waals surface area contributed by atoms with Crippen molar-refractivity contribution >= 4 is 33.2 Å². The van der Waals surface area contributed by atoms with Gasteiger partial charge in [-0.1, -0.05) is 11.6 Å². The third kappa shape index (κ3) is 3.43. The van der Waals surface area contributed by atoms with Gasteiger partial charge >= 0.3 is 0 Å². The summed E-state index contributed by atoms with van der Waals surface area (Å²) in [4.78, 5) is 15.3. The number of carbonyl (C=O) groups is 1. The number of rotatable bonds is 4. The number of sulfonamides is 1. The first-order chi connectivity index (χ1) is 14.2. The number of aromatic nitrogens is 1. The second-order valence-electron chi connectivity index (χ2n) is 7.30. The summed E-state index contributed by atoms with van der Waals surface area (Å²) in [6.45, 7) is 4.40. The van der Waals surface area contributed by atoms with Gasteiger partial charge in [0.25, 0.3) is 5.91 Å². The molecule has 0 bridgehead atoms. The molecular weight excluding hydrogens is 422 g/mol. The van der Waals surface area contributed by atoms with Gasteiger partial charge in [0, 0.05) is 34.3 Å². The van der Waals surface area contributed by atoms with E-state index in [0.29, 0.717) is 23.6 Å². The average Bonchev–Trinajstić information content (AvgIpc) is 3.28. The maximum absolute atomic E-state index is 13.4. The molecule has 0 aliphatic carbocycles. The summed E-state index contributed by atoms with van der Waals surface area (Å²) >= 11 is 6.01. The van der Waals surface area contributed by atoms with Gasteiger partial charge in [-0.05, 0) is 81.4 Å². The van der Waals surface area contributed by atoms with E-state index < -0.39 is 10.0 Å². The number of benzene rings is 2. The lowest BCUT2D eigenvalue weighted by Crippen LogP contribution is -2.29. The molecule has 2 aromatic carbocycles. The van der Waals surface area contributed by atoms with Gasteiger partial charge in [-0.2, -0.15) is 0 Å². The smallest absolute Gasteiger partial charge is 0.260 e. The van der Waals surface area contributed by atoms with Crippen molar-refractivity contribution in [2.45, 2.75) is 25.2 Å². The summed E-state index contributed by atoms with van der Waals surface area (Å²) in [5.74, 6) is -0.0914. The molecule has 1 aliphatic heterocycles. The van der Waals surface area contributed by atoms with E-state index in [2.05, 4.69) is 4.72 Å². The fraction of sp³-hybridized carbons (Fsp3) is 0.227. The SMILES string of the molecule is CNS(=O)(=O)c1ccc2c(c1)CCN2C(=O)c1cc(C)n(-c2ccc(Cl)cc2)c1C. The number of hydrogen-bond acceptors (Lipinski definition) is 3. The molecule has 4 rings (SSSR count). The molecule has 1 aliphatic rings. The van der Waals surface area contributed by atoms with Crippen LogP contribution in [0.2, 0.25) is 5.02 Å². The molecule has 8 heteroatoms. The summed E-state index contributed by atoms with van der Waals surface area (Å²) in [5, 5.41) is 0.658. The average molecular weight is 444 g/mol. The van der Waals surface area contributed by atoms with Crippen LogP contribution >= 0.6 is 11.6 Å². The van der Waals surface area contributed by atoms with Gasteiger partial charge in [0.2, 0.25) is 10.0 Å². The Morgan fingerprint density at radius 2 is 1.77 bits per heavy atom. The van der Waals surface area contributed by atoms with E-state index in [0.717, 1.165) is 28.3 Å². The minimum Gasteiger partial charge on any atom is -0.318 e. The molecule has 0 saturated carbocycles. The van der Waals surface area contributed by atoms with Crippen LogP contribution in [0, 0.1) is 13.8 Å². The van der Waals surface area contributed by atoms with Crippen LogP contribution in [0.15, 0.2) is 53.4 Å². The first-order valence-electron chi connectivity index (χ1n) is 9.56. The molecule has 0 radical (unpaired) electrons. The van der Waals surface area contributed by atoms with Gasteiger partial charge in [0.15, 0.2) is 0 Å². The number of nitrogens with zero attached hydrogens (tertiary/aromatic N) is 2. The van der Waals surface area contributed by atoms with Gasteiger partial charge in [0.1, 0.15) is 0 Å².